The van der Waals surface area contributed by atoms with Crippen molar-refractivity contribution >= 4 is 0 Å². The van der Waals surface area contributed by atoms with Crippen LogP contribution in [0.1, 0.15) is 49.7 Å². The molecule has 0 radical (unpaired) electrons. The van der Waals surface area contributed by atoms with E-state index in [4.69, 9.17) is 5.73 Å². The largest absolute Gasteiger partial charge is 0.328 e. The van der Waals surface area contributed by atoms with Crippen LogP contribution in [0, 0.1) is 0 Å². The van der Waals surface area contributed by atoms with Gasteiger partial charge >= 0.3 is 0 Å². The van der Waals surface area contributed by atoms with Crippen molar-refractivity contribution in [3.05, 3.63) is 35.4 Å². The van der Waals surface area contributed by atoms with Crippen LogP contribution in [0.5, 0.6) is 0 Å². The SMILES string of the molecule is NC1CCC2(CCCc3ccccc32)CC1. The summed E-state index contributed by atoms with van der Waals surface area (Å²) < 4.78 is 0. The Kier molecular flexibility index (Phi) is 2.51. The van der Waals surface area contributed by atoms with Crippen LogP contribution in [0.15, 0.2) is 24.3 Å². The third kappa shape index (κ3) is 1.58. The molecule has 1 nitrogen and oxygen atoms in total. The predicted octanol–water partition coefficient (Wildman–Crippen LogP) is 3.16. The second-order valence-electron chi connectivity index (χ2n) is 5.63. The number of aryl methyl sites for hydroxylation is 1. The lowest BCUT2D eigenvalue weighted by molar-refractivity contribution is 0.237. The van der Waals surface area contributed by atoms with Crippen molar-refractivity contribution < 1.29 is 0 Å². The number of hydrogen-bond donors (Lipinski definition) is 1. The van der Waals surface area contributed by atoms with Crippen LogP contribution < -0.4 is 5.73 Å². The van der Waals surface area contributed by atoms with E-state index in [0.29, 0.717) is 11.5 Å². The van der Waals surface area contributed by atoms with E-state index in [1.165, 1.54) is 44.9 Å². The van der Waals surface area contributed by atoms with Crippen LogP contribution in [-0.2, 0) is 11.8 Å². The third-order valence-electron chi connectivity index (χ3n) is 4.68. The molecule has 0 aromatic heterocycles. The van der Waals surface area contributed by atoms with Gasteiger partial charge in [0.25, 0.3) is 0 Å². The molecule has 0 unspecified atom stereocenters. The Hall–Kier alpha value is -0.820. The Balaban J connectivity index is 1.97. The van der Waals surface area contributed by atoms with Crippen molar-refractivity contribution in [2.45, 2.75) is 56.4 Å². The molecule has 0 amide bonds. The van der Waals surface area contributed by atoms with E-state index in [2.05, 4.69) is 24.3 Å². The summed E-state index contributed by atoms with van der Waals surface area (Å²) in [6.07, 6.45) is 9.09. The van der Waals surface area contributed by atoms with Crippen molar-refractivity contribution in [3.63, 3.8) is 0 Å². The molecule has 86 valence electrons. The van der Waals surface area contributed by atoms with Crippen LogP contribution in [0.4, 0.5) is 0 Å². The second kappa shape index (κ2) is 3.89. The Morgan fingerprint density at radius 2 is 1.81 bits per heavy atom. The summed E-state index contributed by atoms with van der Waals surface area (Å²) in [6, 6.07) is 9.54. The molecule has 16 heavy (non-hydrogen) atoms. The number of hydrogen-bond acceptors (Lipinski definition) is 1. The summed E-state index contributed by atoms with van der Waals surface area (Å²) in [7, 11) is 0. The minimum absolute atomic E-state index is 0.458. The zero-order chi connectivity index (χ0) is 11.0. The van der Waals surface area contributed by atoms with Gasteiger partial charge in [0.1, 0.15) is 0 Å². The first-order valence-electron chi connectivity index (χ1n) is 6.64. The van der Waals surface area contributed by atoms with Gasteiger partial charge in [-0.1, -0.05) is 24.3 Å². The molecule has 3 rings (SSSR count). The minimum Gasteiger partial charge on any atom is -0.328 e. The molecule has 1 aromatic rings. The molecule has 0 saturated heterocycles. The Morgan fingerprint density at radius 3 is 2.62 bits per heavy atom. The topological polar surface area (TPSA) is 26.0 Å². The second-order valence-corrected chi connectivity index (χ2v) is 5.63. The first kappa shape index (κ1) is 10.3. The van der Waals surface area contributed by atoms with E-state index in [1.54, 1.807) is 11.1 Å². The first-order valence-corrected chi connectivity index (χ1v) is 6.64. The molecular weight excluding hydrogens is 194 g/mol. The van der Waals surface area contributed by atoms with Gasteiger partial charge in [0.15, 0.2) is 0 Å². The lowest BCUT2D eigenvalue weighted by Gasteiger charge is -2.43. The van der Waals surface area contributed by atoms with Gasteiger partial charge < -0.3 is 5.73 Å². The van der Waals surface area contributed by atoms with E-state index in [1.807, 2.05) is 0 Å². The lowest BCUT2D eigenvalue weighted by atomic mass is 9.62. The van der Waals surface area contributed by atoms with E-state index < -0.39 is 0 Å². The fraction of sp³-hybridized carbons (Fsp3) is 0.600. The Morgan fingerprint density at radius 1 is 1.06 bits per heavy atom. The maximum absolute atomic E-state index is 6.04. The van der Waals surface area contributed by atoms with Crippen LogP contribution >= 0.6 is 0 Å². The number of rotatable bonds is 0. The molecule has 2 aliphatic rings. The Bertz CT molecular complexity index is 375. The molecule has 0 bridgehead atoms. The summed E-state index contributed by atoms with van der Waals surface area (Å²) in [5.74, 6) is 0. The van der Waals surface area contributed by atoms with Crippen molar-refractivity contribution in [1.29, 1.82) is 0 Å². The molecule has 0 heterocycles. The summed E-state index contributed by atoms with van der Waals surface area (Å²) in [5, 5.41) is 0. The van der Waals surface area contributed by atoms with E-state index in [-0.39, 0.29) is 0 Å². The Labute approximate surface area is 98.0 Å². The molecule has 1 fully saturated rings. The fourth-order valence-corrected chi connectivity index (χ4v) is 3.72. The number of fused-ring (bicyclic) bond motifs is 2. The van der Waals surface area contributed by atoms with Gasteiger partial charge in [-0.25, -0.2) is 0 Å². The standard InChI is InChI=1S/C15H21N/c16-13-7-10-15(11-8-13)9-3-5-12-4-1-2-6-14(12)15/h1-2,4,6,13H,3,5,7-11,16H2. The van der Waals surface area contributed by atoms with Crippen LogP contribution in [-0.4, -0.2) is 6.04 Å². The molecule has 1 spiro atoms. The number of nitrogens with two attached hydrogens (primary N) is 1. The van der Waals surface area contributed by atoms with Gasteiger partial charge in [0.05, 0.1) is 0 Å². The maximum atomic E-state index is 6.04. The zero-order valence-corrected chi connectivity index (χ0v) is 9.91. The fourth-order valence-electron chi connectivity index (χ4n) is 3.72. The quantitative estimate of drug-likeness (QED) is 0.707. The molecule has 1 saturated carbocycles. The summed E-state index contributed by atoms with van der Waals surface area (Å²) in [4.78, 5) is 0. The van der Waals surface area contributed by atoms with E-state index >= 15 is 0 Å². The van der Waals surface area contributed by atoms with Gasteiger partial charge in [-0.2, -0.15) is 0 Å². The van der Waals surface area contributed by atoms with Crippen LogP contribution in [0.3, 0.4) is 0 Å². The van der Waals surface area contributed by atoms with Crippen LogP contribution in [0.2, 0.25) is 0 Å². The average Bonchev–Trinajstić information content (AvgIpc) is 2.34. The monoisotopic (exact) mass is 215 g/mol. The van der Waals surface area contributed by atoms with E-state index in [0.717, 1.165) is 0 Å². The number of benzene rings is 1. The summed E-state index contributed by atoms with van der Waals surface area (Å²) in [5.41, 5.74) is 9.78. The van der Waals surface area contributed by atoms with Crippen LogP contribution in [0.25, 0.3) is 0 Å². The van der Waals surface area contributed by atoms with Crippen molar-refractivity contribution in [2.24, 2.45) is 5.73 Å². The molecular formula is C15H21N. The molecule has 1 heteroatoms. The van der Waals surface area contributed by atoms with Gasteiger partial charge in [0, 0.05) is 6.04 Å². The van der Waals surface area contributed by atoms with Gasteiger partial charge in [-0.3, -0.25) is 0 Å². The summed E-state index contributed by atoms with van der Waals surface area (Å²) >= 11 is 0. The van der Waals surface area contributed by atoms with Gasteiger partial charge in [0.2, 0.25) is 0 Å². The molecule has 1 aromatic carbocycles. The van der Waals surface area contributed by atoms with Crippen molar-refractivity contribution in [3.8, 4) is 0 Å². The van der Waals surface area contributed by atoms with Gasteiger partial charge in [-0.15, -0.1) is 0 Å². The lowest BCUT2D eigenvalue weighted by Crippen LogP contribution is -2.39. The third-order valence-corrected chi connectivity index (χ3v) is 4.68. The molecule has 0 atom stereocenters. The first-order chi connectivity index (χ1) is 7.80. The van der Waals surface area contributed by atoms with Gasteiger partial charge in [-0.05, 0) is 61.5 Å². The van der Waals surface area contributed by atoms with Crippen molar-refractivity contribution in [1.82, 2.24) is 0 Å². The highest BCUT2D eigenvalue weighted by Crippen LogP contribution is 2.46. The summed E-state index contributed by atoms with van der Waals surface area (Å²) in [6.45, 7) is 0. The molecule has 0 aliphatic heterocycles. The molecule has 2 N–H and O–H groups in total. The molecule has 2 aliphatic carbocycles. The normalized spacial score (nSPS) is 33.7. The highest BCUT2D eigenvalue weighted by molar-refractivity contribution is 5.37. The van der Waals surface area contributed by atoms with Crippen molar-refractivity contribution in [2.75, 3.05) is 0 Å². The average molecular weight is 215 g/mol. The highest BCUT2D eigenvalue weighted by Gasteiger charge is 2.38. The predicted molar refractivity (Wildman–Crippen MR) is 67.5 cm³/mol. The highest BCUT2D eigenvalue weighted by atomic mass is 14.6. The van der Waals surface area contributed by atoms with E-state index in [9.17, 15) is 0 Å². The maximum Gasteiger partial charge on any atom is 0.00394 e. The smallest absolute Gasteiger partial charge is 0.00394 e. The minimum atomic E-state index is 0.458. The zero-order valence-electron chi connectivity index (χ0n) is 9.91.